The monoisotopic (exact) mass is 288 g/mol. The van der Waals surface area contributed by atoms with Gasteiger partial charge in [0.05, 0.1) is 19.6 Å². The molecule has 0 saturated heterocycles. The molecule has 0 unspecified atom stereocenters. The third-order valence-corrected chi connectivity index (χ3v) is 3.25. The third-order valence-electron chi connectivity index (χ3n) is 3.25. The van der Waals surface area contributed by atoms with E-state index in [1.54, 1.807) is 0 Å². The van der Waals surface area contributed by atoms with Gasteiger partial charge in [-0.2, -0.15) is 0 Å². The molecule has 21 heavy (non-hydrogen) atoms. The van der Waals surface area contributed by atoms with Crippen LogP contribution in [0.1, 0.15) is 0 Å². The second-order valence-corrected chi connectivity index (χ2v) is 4.45. The molecule has 0 amide bonds. The van der Waals surface area contributed by atoms with Crippen LogP contribution in [0, 0.1) is 0 Å². The third kappa shape index (κ3) is 1.84. The van der Waals surface area contributed by atoms with Crippen molar-refractivity contribution in [3.05, 3.63) is 34.5 Å². The number of ether oxygens (including phenoxy) is 2. The van der Waals surface area contributed by atoms with Crippen LogP contribution in [0.4, 0.5) is 0 Å². The van der Waals surface area contributed by atoms with E-state index in [1.165, 1.54) is 38.5 Å². The molecule has 2 N–H and O–H groups in total. The van der Waals surface area contributed by atoms with Crippen molar-refractivity contribution in [1.82, 2.24) is 0 Å². The van der Waals surface area contributed by atoms with Gasteiger partial charge in [0.15, 0.2) is 22.8 Å². The molecule has 0 radical (unpaired) electrons. The highest BCUT2D eigenvalue weighted by molar-refractivity contribution is 5.98. The summed E-state index contributed by atoms with van der Waals surface area (Å²) in [5, 5.41) is 19.7. The molecule has 6 heteroatoms. The molecule has 0 aliphatic heterocycles. The minimum Gasteiger partial charge on any atom is -0.508 e. The molecule has 0 saturated carbocycles. The molecular formula is C15H12O6. The molecule has 6 nitrogen and oxygen atoms in total. The summed E-state index contributed by atoms with van der Waals surface area (Å²) in [7, 11) is 2.74. The van der Waals surface area contributed by atoms with Gasteiger partial charge >= 0.3 is 0 Å². The molecule has 0 fully saturated rings. The summed E-state index contributed by atoms with van der Waals surface area (Å²) in [6.07, 6.45) is 0. The summed E-state index contributed by atoms with van der Waals surface area (Å²) in [5.41, 5.74) is 0.0554. The molecule has 3 rings (SSSR count). The highest BCUT2D eigenvalue weighted by Crippen LogP contribution is 2.40. The zero-order valence-corrected chi connectivity index (χ0v) is 11.3. The Balaban J connectivity index is 2.62. The van der Waals surface area contributed by atoms with Gasteiger partial charge in [0.25, 0.3) is 0 Å². The van der Waals surface area contributed by atoms with E-state index in [2.05, 4.69) is 0 Å². The number of phenolic OH excluding ortho intramolecular Hbond substituents is 2. The second-order valence-electron chi connectivity index (χ2n) is 4.45. The number of methoxy groups -OCH3 is 2. The van der Waals surface area contributed by atoms with Crippen LogP contribution in [0.15, 0.2) is 33.5 Å². The second kappa shape index (κ2) is 4.59. The maximum absolute atomic E-state index is 12.6. The van der Waals surface area contributed by atoms with Crippen molar-refractivity contribution >= 4 is 21.9 Å². The molecule has 0 atom stereocenters. The maximum Gasteiger partial charge on any atom is 0.204 e. The van der Waals surface area contributed by atoms with Gasteiger partial charge in [-0.1, -0.05) is 0 Å². The van der Waals surface area contributed by atoms with E-state index < -0.39 is 5.43 Å². The lowest BCUT2D eigenvalue weighted by Gasteiger charge is -2.11. The Morgan fingerprint density at radius 1 is 1.10 bits per heavy atom. The summed E-state index contributed by atoms with van der Waals surface area (Å²) in [6.45, 7) is 0. The first-order valence-corrected chi connectivity index (χ1v) is 6.10. The predicted octanol–water partition coefficient (Wildman–Crippen LogP) is 2.37. The molecule has 0 aliphatic carbocycles. The highest BCUT2D eigenvalue weighted by atomic mass is 16.5. The van der Waals surface area contributed by atoms with Gasteiger partial charge < -0.3 is 24.1 Å². The van der Waals surface area contributed by atoms with Crippen molar-refractivity contribution in [2.75, 3.05) is 14.2 Å². The number of aromatic hydroxyl groups is 2. The van der Waals surface area contributed by atoms with E-state index >= 15 is 0 Å². The topological polar surface area (TPSA) is 89.1 Å². The van der Waals surface area contributed by atoms with Crippen molar-refractivity contribution in [3.8, 4) is 23.0 Å². The number of hydrogen-bond donors (Lipinski definition) is 2. The van der Waals surface area contributed by atoms with Crippen LogP contribution >= 0.6 is 0 Å². The van der Waals surface area contributed by atoms with Crippen LogP contribution < -0.4 is 14.9 Å². The molecule has 108 valence electrons. The van der Waals surface area contributed by atoms with Crippen LogP contribution in [0.2, 0.25) is 0 Å². The Morgan fingerprint density at radius 3 is 2.52 bits per heavy atom. The van der Waals surface area contributed by atoms with Crippen molar-refractivity contribution < 1.29 is 24.1 Å². The van der Waals surface area contributed by atoms with Gasteiger partial charge in [0.1, 0.15) is 16.7 Å². The fraction of sp³-hybridized carbons (Fsp3) is 0.133. The van der Waals surface area contributed by atoms with Crippen LogP contribution in [0.5, 0.6) is 23.0 Å². The Hall–Kier alpha value is -2.89. The molecule has 0 spiro atoms. The van der Waals surface area contributed by atoms with Gasteiger partial charge in [0.2, 0.25) is 5.43 Å². The van der Waals surface area contributed by atoms with E-state index in [4.69, 9.17) is 13.9 Å². The van der Waals surface area contributed by atoms with Crippen molar-refractivity contribution in [1.29, 1.82) is 0 Å². The van der Waals surface area contributed by atoms with Crippen LogP contribution in [-0.4, -0.2) is 24.4 Å². The zero-order valence-electron chi connectivity index (χ0n) is 11.3. The van der Waals surface area contributed by atoms with Gasteiger partial charge in [-0.3, -0.25) is 4.79 Å². The molecule has 0 aliphatic rings. The summed E-state index contributed by atoms with van der Waals surface area (Å²) >= 11 is 0. The average Bonchev–Trinajstić information content (AvgIpc) is 2.48. The minimum absolute atomic E-state index is 0.00444. The highest BCUT2D eigenvalue weighted by Gasteiger charge is 2.20. The van der Waals surface area contributed by atoms with E-state index in [0.29, 0.717) is 5.58 Å². The van der Waals surface area contributed by atoms with Gasteiger partial charge in [-0.25, -0.2) is 0 Å². The Bertz CT molecular complexity index is 910. The summed E-state index contributed by atoms with van der Waals surface area (Å²) in [6, 6.07) is 5.53. The lowest BCUT2D eigenvalue weighted by molar-refractivity contribution is 0.369. The maximum atomic E-state index is 12.6. The minimum atomic E-state index is -0.423. The largest absolute Gasteiger partial charge is 0.508 e. The quantitative estimate of drug-likeness (QED) is 0.704. The van der Waals surface area contributed by atoms with E-state index in [0.717, 1.165) is 0 Å². The van der Waals surface area contributed by atoms with Crippen molar-refractivity contribution in [2.45, 2.75) is 0 Å². The first-order valence-electron chi connectivity index (χ1n) is 6.10. The number of fused-ring (bicyclic) bond motifs is 2. The number of benzene rings is 2. The van der Waals surface area contributed by atoms with E-state index in [9.17, 15) is 15.0 Å². The van der Waals surface area contributed by atoms with Gasteiger partial charge in [-0.05, 0) is 18.2 Å². The summed E-state index contributed by atoms with van der Waals surface area (Å²) in [4.78, 5) is 12.6. The molecule has 1 aromatic heterocycles. The lowest BCUT2D eigenvalue weighted by Crippen LogP contribution is -2.05. The lowest BCUT2D eigenvalue weighted by atomic mass is 10.1. The summed E-state index contributed by atoms with van der Waals surface area (Å²) in [5.74, 6) is -0.0611. The number of hydrogen-bond acceptors (Lipinski definition) is 6. The van der Waals surface area contributed by atoms with Crippen molar-refractivity contribution in [2.24, 2.45) is 0 Å². The molecule has 0 bridgehead atoms. The molecule has 1 heterocycles. The first-order chi connectivity index (χ1) is 10.1. The Labute approximate surface area is 118 Å². The number of rotatable bonds is 2. The van der Waals surface area contributed by atoms with E-state index in [-0.39, 0.29) is 39.4 Å². The van der Waals surface area contributed by atoms with E-state index in [1.807, 2.05) is 0 Å². The fourth-order valence-electron chi connectivity index (χ4n) is 2.30. The smallest absolute Gasteiger partial charge is 0.204 e. The molecule has 3 aromatic rings. The number of phenols is 2. The SMILES string of the molecule is COc1cc(O)c(OC)c2c(=O)c3cc(O)ccc3oc12. The van der Waals surface area contributed by atoms with Crippen LogP contribution in [0.3, 0.4) is 0 Å². The zero-order chi connectivity index (χ0) is 15.1. The van der Waals surface area contributed by atoms with Gasteiger partial charge in [-0.15, -0.1) is 0 Å². The van der Waals surface area contributed by atoms with Crippen LogP contribution in [-0.2, 0) is 0 Å². The molecular weight excluding hydrogens is 276 g/mol. The Kier molecular flexibility index (Phi) is 2.86. The standard InChI is InChI=1S/C15H12O6/c1-19-11-6-9(17)14(20-2)12-13(18)8-5-7(16)3-4-10(8)21-15(11)12/h3-6,16-17H,1-2H3. The van der Waals surface area contributed by atoms with Crippen molar-refractivity contribution in [3.63, 3.8) is 0 Å². The molecule has 2 aromatic carbocycles. The fourth-order valence-corrected chi connectivity index (χ4v) is 2.30. The summed E-state index contributed by atoms with van der Waals surface area (Å²) < 4.78 is 15.9. The first kappa shape index (κ1) is 13.1. The normalized spacial score (nSPS) is 11.0. The predicted molar refractivity (Wildman–Crippen MR) is 76.4 cm³/mol. The Morgan fingerprint density at radius 2 is 1.86 bits per heavy atom. The average molecular weight is 288 g/mol. The van der Waals surface area contributed by atoms with Gasteiger partial charge in [0, 0.05) is 6.07 Å². The van der Waals surface area contributed by atoms with Crippen LogP contribution in [0.25, 0.3) is 21.9 Å².